The van der Waals surface area contributed by atoms with Gasteiger partial charge in [0.05, 0.1) is 24.5 Å². The number of benzene rings is 3. The molecule has 36 heavy (non-hydrogen) atoms. The Kier molecular flexibility index (Phi) is 6.51. The Morgan fingerprint density at radius 2 is 1.69 bits per heavy atom. The van der Waals surface area contributed by atoms with Crippen LogP contribution in [0.2, 0.25) is 0 Å². The Morgan fingerprint density at radius 1 is 1.00 bits per heavy atom. The third kappa shape index (κ3) is 4.99. The largest absolute Gasteiger partial charge is 0.494 e. The number of rotatable bonds is 6. The molecule has 1 aromatic heterocycles. The zero-order valence-corrected chi connectivity index (χ0v) is 19.8. The summed E-state index contributed by atoms with van der Waals surface area (Å²) in [6.45, 7) is 4.65. The van der Waals surface area contributed by atoms with Crippen LogP contribution in [-0.2, 0) is 9.53 Å². The lowest BCUT2D eigenvalue weighted by Gasteiger charge is -2.28. The summed E-state index contributed by atoms with van der Waals surface area (Å²) in [5, 5.41) is 13.9. The van der Waals surface area contributed by atoms with Crippen LogP contribution in [0.5, 0.6) is 5.88 Å². The topological polar surface area (TPSA) is 107 Å². The van der Waals surface area contributed by atoms with E-state index in [2.05, 4.69) is 20.2 Å². The second-order valence-corrected chi connectivity index (χ2v) is 8.61. The fourth-order valence-corrected chi connectivity index (χ4v) is 4.26. The lowest BCUT2D eigenvalue weighted by Crippen LogP contribution is -2.36. The van der Waals surface area contributed by atoms with Crippen LogP contribution in [0.1, 0.15) is 28.4 Å². The van der Waals surface area contributed by atoms with E-state index in [-0.39, 0.29) is 17.6 Å². The second-order valence-electron chi connectivity index (χ2n) is 8.61. The van der Waals surface area contributed by atoms with Crippen LogP contribution in [0.15, 0.2) is 71.7 Å². The first-order chi connectivity index (χ1) is 17.5. The molecular formula is C28H26N4O4. The third-order valence-electron chi connectivity index (χ3n) is 6.12. The van der Waals surface area contributed by atoms with Crippen LogP contribution in [0.4, 0.5) is 17.1 Å². The highest BCUT2D eigenvalue weighted by Crippen LogP contribution is 2.28. The van der Waals surface area contributed by atoms with E-state index < -0.39 is 0 Å². The number of H-pyrrole nitrogens is 1. The molecule has 0 spiro atoms. The van der Waals surface area contributed by atoms with Crippen LogP contribution < -0.4 is 10.2 Å². The van der Waals surface area contributed by atoms with Crippen molar-refractivity contribution < 1.29 is 19.4 Å². The summed E-state index contributed by atoms with van der Waals surface area (Å²) < 4.78 is 5.41. The second kappa shape index (κ2) is 10.1. The van der Waals surface area contributed by atoms with Gasteiger partial charge in [0, 0.05) is 59.6 Å². The van der Waals surface area contributed by atoms with Crippen LogP contribution in [0.3, 0.4) is 0 Å². The quantitative estimate of drug-likeness (QED) is 0.274. The highest BCUT2D eigenvalue weighted by molar-refractivity contribution is 6.12. The van der Waals surface area contributed by atoms with E-state index in [4.69, 9.17) is 4.74 Å². The lowest BCUT2D eigenvalue weighted by molar-refractivity contribution is -0.114. The summed E-state index contributed by atoms with van der Waals surface area (Å²) >= 11 is 0. The number of amides is 1. The van der Waals surface area contributed by atoms with E-state index in [0.29, 0.717) is 27.9 Å². The van der Waals surface area contributed by atoms with Crippen LogP contribution >= 0.6 is 0 Å². The standard InChI is InChI=1S/C28H26N4O4/c1-18(33)30-22-5-2-19(3-6-22)27(34)20-4-11-24-25(28(35)31-26(24)16-20)17-29-21-7-9-23(10-8-21)32-12-14-36-15-13-32/h2-11,16-17,31,35H,12-15H2,1H3,(H,30,33). The SMILES string of the molecule is CC(=O)Nc1ccc(C(=O)c2ccc3c(C=Nc4ccc(N5CCOCC5)cc4)c(O)[nH]c3c2)cc1. The van der Waals surface area contributed by atoms with Crippen molar-refractivity contribution in [3.8, 4) is 5.88 Å². The first-order valence-electron chi connectivity index (χ1n) is 11.7. The van der Waals surface area contributed by atoms with Gasteiger partial charge in [0.15, 0.2) is 11.7 Å². The van der Waals surface area contributed by atoms with E-state index >= 15 is 0 Å². The van der Waals surface area contributed by atoms with Gasteiger partial charge in [-0.25, -0.2) is 0 Å². The van der Waals surface area contributed by atoms with Gasteiger partial charge in [-0.15, -0.1) is 0 Å². The summed E-state index contributed by atoms with van der Waals surface area (Å²) in [6, 6.07) is 19.9. The van der Waals surface area contributed by atoms with Crippen molar-refractivity contribution in [3.05, 3.63) is 83.4 Å². The summed E-state index contributed by atoms with van der Waals surface area (Å²) in [5.41, 5.74) is 4.71. The van der Waals surface area contributed by atoms with Gasteiger partial charge in [0.25, 0.3) is 0 Å². The first kappa shape index (κ1) is 23.3. The molecule has 1 saturated heterocycles. The molecule has 1 aliphatic rings. The minimum absolute atomic E-state index is 0.0112. The van der Waals surface area contributed by atoms with Crippen molar-refractivity contribution in [2.45, 2.75) is 6.92 Å². The van der Waals surface area contributed by atoms with Gasteiger partial charge in [-0.2, -0.15) is 0 Å². The number of hydrogen-bond donors (Lipinski definition) is 3. The van der Waals surface area contributed by atoms with Crippen molar-refractivity contribution in [1.82, 2.24) is 4.98 Å². The third-order valence-corrected chi connectivity index (χ3v) is 6.12. The van der Waals surface area contributed by atoms with Crippen molar-refractivity contribution >= 4 is 45.9 Å². The highest BCUT2D eigenvalue weighted by atomic mass is 16.5. The summed E-state index contributed by atoms with van der Waals surface area (Å²) in [6.07, 6.45) is 1.63. The molecule has 1 fully saturated rings. The van der Waals surface area contributed by atoms with Crippen molar-refractivity contribution in [1.29, 1.82) is 0 Å². The Balaban J connectivity index is 1.34. The summed E-state index contributed by atoms with van der Waals surface area (Å²) in [7, 11) is 0. The van der Waals surface area contributed by atoms with E-state index in [1.54, 1.807) is 48.7 Å². The molecular weight excluding hydrogens is 456 g/mol. The Bertz CT molecular complexity index is 1430. The van der Waals surface area contributed by atoms with Gasteiger partial charge in [0.1, 0.15) is 0 Å². The van der Waals surface area contributed by atoms with Gasteiger partial charge in [-0.3, -0.25) is 14.6 Å². The van der Waals surface area contributed by atoms with Gasteiger partial charge < -0.3 is 25.0 Å². The fourth-order valence-electron chi connectivity index (χ4n) is 4.26. The number of ketones is 1. The molecule has 2 heterocycles. The number of fused-ring (bicyclic) bond motifs is 1. The average molecular weight is 483 g/mol. The number of carbonyl (C=O) groups excluding carboxylic acids is 2. The van der Waals surface area contributed by atoms with Crippen molar-refractivity contribution in [2.75, 3.05) is 36.5 Å². The Morgan fingerprint density at radius 3 is 2.39 bits per heavy atom. The van der Waals surface area contributed by atoms with Crippen LogP contribution in [0, 0.1) is 0 Å². The molecule has 5 rings (SSSR count). The molecule has 3 aromatic carbocycles. The molecule has 0 aliphatic carbocycles. The normalized spacial score (nSPS) is 13.9. The minimum atomic E-state index is -0.171. The molecule has 0 atom stereocenters. The fraction of sp³-hybridized carbons (Fsp3) is 0.179. The molecule has 0 radical (unpaired) electrons. The number of morpholine rings is 1. The minimum Gasteiger partial charge on any atom is -0.494 e. The number of hydrogen-bond acceptors (Lipinski definition) is 6. The van der Waals surface area contributed by atoms with Crippen LogP contribution in [0.25, 0.3) is 10.9 Å². The van der Waals surface area contributed by atoms with Gasteiger partial charge >= 0.3 is 0 Å². The van der Waals surface area contributed by atoms with E-state index in [1.165, 1.54) is 6.92 Å². The smallest absolute Gasteiger partial charge is 0.221 e. The van der Waals surface area contributed by atoms with Gasteiger partial charge in [-0.05, 0) is 54.6 Å². The Labute approximate surface area is 208 Å². The van der Waals surface area contributed by atoms with Crippen molar-refractivity contribution in [3.63, 3.8) is 0 Å². The summed E-state index contributed by atoms with van der Waals surface area (Å²) in [5.74, 6) is -0.339. The molecule has 8 heteroatoms. The first-order valence-corrected chi connectivity index (χ1v) is 11.7. The molecule has 1 amide bonds. The zero-order chi connectivity index (χ0) is 25.1. The lowest BCUT2D eigenvalue weighted by atomic mass is 10.0. The number of aromatic nitrogens is 1. The molecule has 1 aliphatic heterocycles. The average Bonchev–Trinajstić information content (AvgIpc) is 3.22. The van der Waals surface area contributed by atoms with E-state index in [1.807, 2.05) is 24.3 Å². The number of ether oxygens (including phenoxy) is 1. The van der Waals surface area contributed by atoms with Gasteiger partial charge in [-0.1, -0.05) is 12.1 Å². The molecule has 182 valence electrons. The van der Waals surface area contributed by atoms with Crippen molar-refractivity contribution in [2.24, 2.45) is 4.99 Å². The van der Waals surface area contributed by atoms with Gasteiger partial charge in [0.2, 0.25) is 5.91 Å². The molecule has 0 bridgehead atoms. The molecule has 8 nitrogen and oxygen atoms in total. The summed E-state index contributed by atoms with van der Waals surface area (Å²) in [4.78, 5) is 33.9. The number of carbonyl (C=O) groups is 2. The van der Waals surface area contributed by atoms with E-state index in [0.717, 1.165) is 43.1 Å². The number of nitrogens with one attached hydrogen (secondary N) is 2. The monoisotopic (exact) mass is 482 g/mol. The molecule has 4 aromatic rings. The predicted octanol–water partition coefficient (Wildman–Crippen LogP) is 4.65. The highest BCUT2D eigenvalue weighted by Gasteiger charge is 2.15. The maximum atomic E-state index is 13.0. The maximum Gasteiger partial charge on any atom is 0.221 e. The number of nitrogens with zero attached hydrogens (tertiary/aromatic N) is 2. The predicted molar refractivity (Wildman–Crippen MR) is 141 cm³/mol. The molecule has 0 unspecified atom stereocenters. The number of anilines is 2. The number of aromatic amines is 1. The number of aliphatic imine (C=N–C) groups is 1. The molecule has 0 saturated carbocycles. The maximum absolute atomic E-state index is 13.0. The zero-order valence-electron chi connectivity index (χ0n) is 19.8. The van der Waals surface area contributed by atoms with Crippen LogP contribution in [-0.4, -0.2) is 54.3 Å². The van der Waals surface area contributed by atoms with E-state index in [9.17, 15) is 14.7 Å². The number of aromatic hydroxyl groups is 1. The molecule has 3 N–H and O–H groups in total. The Hall–Kier alpha value is -4.43.